The molecule has 0 aromatic heterocycles. The Kier molecular flexibility index (Phi) is 39.4. The van der Waals surface area contributed by atoms with Crippen molar-refractivity contribution in [3.63, 3.8) is 0 Å². The maximum absolute atomic E-state index is 12.8. The van der Waals surface area contributed by atoms with Crippen LogP contribution in [0.15, 0.2) is 85.1 Å². The van der Waals surface area contributed by atoms with Crippen LogP contribution in [0.2, 0.25) is 0 Å². The molecule has 1 amide bonds. The van der Waals surface area contributed by atoms with E-state index in [1.807, 2.05) is 39.4 Å². The van der Waals surface area contributed by atoms with Crippen molar-refractivity contribution in [3.05, 3.63) is 85.1 Å². The standard InChI is InChI=1S/C50H89N2O6P/c1-6-8-10-12-14-16-18-20-21-22-23-24-25-26-27-28-29-30-32-33-35-37-39-41-43-49(53)48(47-58-59(55,56)57-46-45-52(3,4)5)51-50(54)44-42-40-38-36-34-31-19-17-15-13-11-9-7-2/h9,11,15,17,28-29,31,33-35,38,40-41,43,48-49,53H,6-8,10,12-14,16,18-27,30,32,36-37,39,42,44-47H2,1-5H3,(H-,51,54,55,56)/b11-9-,17-15-,29-28+,34-31-,35-33+,40-38-,43-41+. The van der Waals surface area contributed by atoms with E-state index in [0.29, 0.717) is 23.9 Å². The van der Waals surface area contributed by atoms with Crippen molar-refractivity contribution >= 4 is 13.7 Å². The first kappa shape index (κ1) is 56.7. The third-order valence-electron chi connectivity index (χ3n) is 9.83. The minimum atomic E-state index is -4.62. The van der Waals surface area contributed by atoms with Crippen LogP contribution in [-0.4, -0.2) is 68.5 Å². The van der Waals surface area contributed by atoms with Crippen LogP contribution in [-0.2, 0) is 18.4 Å². The van der Waals surface area contributed by atoms with Gasteiger partial charge in [-0.25, -0.2) is 0 Å². The lowest BCUT2D eigenvalue weighted by atomic mass is 10.0. The van der Waals surface area contributed by atoms with Crippen molar-refractivity contribution in [1.82, 2.24) is 5.32 Å². The van der Waals surface area contributed by atoms with E-state index in [0.717, 1.165) is 44.9 Å². The number of nitrogens with zero attached hydrogens (tertiary/aromatic N) is 1. The maximum Gasteiger partial charge on any atom is 0.268 e. The van der Waals surface area contributed by atoms with Crippen LogP contribution >= 0.6 is 7.82 Å². The van der Waals surface area contributed by atoms with Crippen LogP contribution < -0.4 is 10.2 Å². The summed E-state index contributed by atoms with van der Waals surface area (Å²) in [7, 11) is 1.18. The highest BCUT2D eigenvalue weighted by molar-refractivity contribution is 7.45. The highest BCUT2D eigenvalue weighted by Gasteiger charge is 2.23. The van der Waals surface area contributed by atoms with E-state index in [2.05, 4.69) is 79.9 Å². The number of aliphatic hydroxyl groups is 1. The van der Waals surface area contributed by atoms with Gasteiger partial charge in [0, 0.05) is 6.42 Å². The zero-order chi connectivity index (χ0) is 43.6. The smallest absolute Gasteiger partial charge is 0.268 e. The monoisotopic (exact) mass is 845 g/mol. The Labute approximate surface area is 363 Å². The van der Waals surface area contributed by atoms with Gasteiger partial charge in [-0.05, 0) is 70.6 Å². The summed E-state index contributed by atoms with van der Waals surface area (Å²) in [5.41, 5.74) is 0. The molecule has 3 unspecified atom stereocenters. The summed E-state index contributed by atoms with van der Waals surface area (Å²) >= 11 is 0. The molecule has 0 radical (unpaired) electrons. The van der Waals surface area contributed by atoms with E-state index in [9.17, 15) is 19.4 Å². The molecular weight excluding hydrogens is 756 g/mol. The zero-order valence-corrected chi connectivity index (χ0v) is 39.3. The van der Waals surface area contributed by atoms with Gasteiger partial charge in [-0.3, -0.25) is 9.36 Å². The van der Waals surface area contributed by atoms with E-state index in [1.165, 1.54) is 96.3 Å². The lowest BCUT2D eigenvalue weighted by Crippen LogP contribution is -2.45. The van der Waals surface area contributed by atoms with Gasteiger partial charge < -0.3 is 28.8 Å². The topological polar surface area (TPSA) is 108 Å². The van der Waals surface area contributed by atoms with Crippen LogP contribution in [0.3, 0.4) is 0 Å². The van der Waals surface area contributed by atoms with Crippen molar-refractivity contribution in [2.75, 3.05) is 40.9 Å². The molecule has 0 aliphatic heterocycles. The minimum Gasteiger partial charge on any atom is -0.756 e. The van der Waals surface area contributed by atoms with Gasteiger partial charge in [-0.2, -0.15) is 0 Å². The fraction of sp³-hybridized carbons (Fsp3) is 0.700. The molecule has 0 aromatic rings. The fourth-order valence-corrected chi connectivity index (χ4v) is 6.86. The highest BCUT2D eigenvalue weighted by atomic mass is 31.2. The van der Waals surface area contributed by atoms with E-state index in [1.54, 1.807) is 6.08 Å². The van der Waals surface area contributed by atoms with Crippen molar-refractivity contribution in [2.24, 2.45) is 0 Å². The van der Waals surface area contributed by atoms with Crippen molar-refractivity contribution in [1.29, 1.82) is 0 Å². The molecule has 0 saturated carbocycles. The summed E-state index contributed by atoms with van der Waals surface area (Å²) in [6, 6.07) is -0.952. The molecule has 0 bridgehead atoms. The first-order valence-corrected chi connectivity index (χ1v) is 24.9. The van der Waals surface area contributed by atoms with Crippen LogP contribution in [0.5, 0.6) is 0 Å². The number of hydrogen-bond donors (Lipinski definition) is 2. The molecule has 0 fully saturated rings. The first-order valence-electron chi connectivity index (χ1n) is 23.4. The SMILES string of the molecule is CC/C=C\C/C=C\C/C=C\C/C=C\CCC(=O)NC(COP(=O)([O-])OCC[N+](C)(C)C)C(O)/C=C/CC/C=C/CC/C=C/CCCCCCCCCCCCCCCC. The lowest BCUT2D eigenvalue weighted by Gasteiger charge is -2.29. The summed E-state index contributed by atoms with van der Waals surface area (Å²) in [5, 5.41) is 13.7. The number of allylic oxidation sites excluding steroid dienone is 13. The normalized spacial score (nSPS) is 15.0. The molecule has 340 valence electrons. The summed E-state index contributed by atoms with van der Waals surface area (Å²) < 4.78 is 23.1. The van der Waals surface area contributed by atoms with Crippen LogP contribution in [0.1, 0.15) is 174 Å². The molecule has 0 aliphatic rings. The lowest BCUT2D eigenvalue weighted by molar-refractivity contribution is -0.870. The Balaban J connectivity index is 4.49. The van der Waals surface area contributed by atoms with Gasteiger partial charge in [0.05, 0.1) is 39.9 Å². The Morgan fingerprint density at radius 3 is 1.56 bits per heavy atom. The van der Waals surface area contributed by atoms with E-state index in [-0.39, 0.29) is 18.9 Å². The molecule has 0 aromatic carbocycles. The predicted molar refractivity (Wildman–Crippen MR) is 251 cm³/mol. The van der Waals surface area contributed by atoms with Crippen molar-refractivity contribution < 1.29 is 32.9 Å². The van der Waals surface area contributed by atoms with E-state index < -0.39 is 26.6 Å². The number of aliphatic hydroxyl groups excluding tert-OH is 1. The van der Waals surface area contributed by atoms with Gasteiger partial charge in [-0.1, -0.05) is 182 Å². The first-order chi connectivity index (χ1) is 28.5. The average Bonchev–Trinajstić information content (AvgIpc) is 3.19. The third kappa shape index (κ3) is 43.6. The number of quaternary nitrogens is 1. The maximum atomic E-state index is 12.8. The number of carbonyl (C=O) groups excluding carboxylic acids is 1. The predicted octanol–water partition coefficient (Wildman–Crippen LogP) is 12.7. The Morgan fingerprint density at radius 2 is 1.05 bits per heavy atom. The van der Waals surface area contributed by atoms with Gasteiger partial charge in [-0.15, -0.1) is 0 Å². The van der Waals surface area contributed by atoms with Crippen molar-refractivity contribution in [3.8, 4) is 0 Å². The van der Waals surface area contributed by atoms with E-state index >= 15 is 0 Å². The summed E-state index contributed by atoms with van der Waals surface area (Å²) in [4.78, 5) is 25.2. The second-order valence-electron chi connectivity index (χ2n) is 16.7. The highest BCUT2D eigenvalue weighted by Crippen LogP contribution is 2.38. The molecule has 59 heavy (non-hydrogen) atoms. The van der Waals surface area contributed by atoms with Crippen molar-refractivity contribution in [2.45, 2.75) is 187 Å². The second kappa shape index (κ2) is 41.1. The largest absolute Gasteiger partial charge is 0.756 e. The summed E-state index contributed by atoms with van der Waals surface area (Å²) in [6.45, 7) is 4.42. The second-order valence-corrected chi connectivity index (χ2v) is 18.1. The Morgan fingerprint density at radius 1 is 0.610 bits per heavy atom. The van der Waals surface area contributed by atoms with E-state index in [4.69, 9.17) is 9.05 Å². The molecular formula is C50H89N2O6P. The number of carbonyl (C=O) groups is 1. The molecule has 0 spiro atoms. The molecule has 0 heterocycles. The number of phosphoric ester groups is 1. The molecule has 8 nitrogen and oxygen atoms in total. The molecule has 2 N–H and O–H groups in total. The number of nitrogens with one attached hydrogen (secondary N) is 1. The molecule has 9 heteroatoms. The number of likely N-dealkylation sites (N-methyl/N-ethyl adjacent to an activating group) is 1. The molecule has 0 aliphatic carbocycles. The summed E-state index contributed by atoms with van der Waals surface area (Å²) in [5.74, 6) is -0.295. The van der Waals surface area contributed by atoms with Gasteiger partial charge in [0.1, 0.15) is 13.2 Å². The average molecular weight is 845 g/mol. The number of amides is 1. The van der Waals surface area contributed by atoms with Crippen LogP contribution in [0.25, 0.3) is 0 Å². The van der Waals surface area contributed by atoms with Gasteiger partial charge in [0.25, 0.3) is 7.82 Å². The number of phosphoric acid groups is 1. The number of unbranched alkanes of at least 4 members (excludes halogenated alkanes) is 16. The fourth-order valence-electron chi connectivity index (χ4n) is 6.13. The van der Waals surface area contributed by atoms with Gasteiger partial charge in [0.15, 0.2) is 0 Å². The zero-order valence-electron chi connectivity index (χ0n) is 38.4. The number of rotatable bonds is 41. The van der Waals surface area contributed by atoms with Crippen LogP contribution in [0.4, 0.5) is 0 Å². The summed E-state index contributed by atoms with van der Waals surface area (Å²) in [6.07, 6.45) is 56.7. The molecule has 0 saturated heterocycles. The third-order valence-corrected chi connectivity index (χ3v) is 10.8. The number of hydrogen-bond acceptors (Lipinski definition) is 6. The Bertz CT molecular complexity index is 1230. The van der Waals surface area contributed by atoms with Gasteiger partial charge >= 0.3 is 0 Å². The van der Waals surface area contributed by atoms with Crippen LogP contribution in [0, 0.1) is 0 Å². The van der Waals surface area contributed by atoms with Gasteiger partial charge in [0.2, 0.25) is 5.91 Å². The minimum absolute atomic E-state index is 0.0258. The molecule has 3 atom stereocenters. The molecule has 0 rings (SSSR count). The quantitative estimate of drug-likeness (QED) is 0.0275. The Hall–Kier alpha value is -2.32.